The van der Waals surface area contributed by atoms with Crippen molar-refractivity contribution in [2.24, 2.45) is 23.7 Å². The van der Waals surface area contributed by atoms with Crippen LogP contribution in [0.4, 0.5) is 5.69 Å². The molecule has 8 nitrogen and oxygen atoms in total. The fraction of sp³-hybridized carbons (Fsp3) is 0.581. The van der Waals surface area contributed by atoms with E-state index in [1.165, 1.54) is 11.0 Å². The fourth-order valence-corrected chi connectivity index (χ4v) is 7.62. The van der Waals surface area contributed by atoms with Crippen molar-refractivity contribution in [2.75, 3.05) is 24.7 Å². The molecule has 1 aromatic carbocycles. The summed E-state index contributed by atoms with van der Waals surface area (Å²) < 4.78 is 12.3. The van der Waals surface area contributed by atoms with Crippen molar-refractivity contribution in [2.45, 2.75) is 70.7 Å². The summed E-state index contributed by atoms with van der Waals surface area (Å²) in [6.45, 7) is 17.0. The molecule has 2 bridgehead atoms. The number of aliphatic hydroxyl groups excluding tert-OH is 1. The van der Waals surface area contributed by atoms with E-state index < -0.39 is 41.1 Å². The maximum Gasteiger partial charge on any atom is 0.313 e. The Kier molecular flexibility index (Phi) is 8.56. The van der Waals surface area contributed by atoms with Crippen LogP contribution in [0.25, 0.3) is 0 Å². The summed E-state index contributed by atoms with van der Waals surface area (Å²) in [4.78, 5) is 45.8. The third-order valence-corrected chi connectivity index (χ3v) is 9.27. The van der Waals surface area contributed by atoms with Crippen molar-refractivity contribution in [1.82, 2.24) is 4.90 Å². The highest BCUT2D eigenvalue weighted by Crippen LogP contribution is 2.66. The lowest BCUT2D eigenvalue weighted by Gasteiger charge is -2.40. The number of anilines is 1. The van der Waals surface area contributed by atoms with Gasteiger partial charge in [-0.25, -0.2) is 0 Å². The van der Waals surface area contributed by atoms with E-state index >= 15 is 0 Å². The monoisotopic (exact) mass is 572 g/mol. The summed E-state index contributed by atoms with van der Waals surface area (Å²) in [6, 6.07) is 3.66. The highest BCUT2D eigenvalue weighted by atomic mass is 35.5. The lowest BCUT2D eigenvalue weighted by molar-refractivity contribution is -0.161. The average molecular weight is 573 g/mol. The standard InChI is InChI=1S/C31H41ClN2O6/c1-8-13-33(25-19(5)11-10-12-22(25)32)28(37)26-31-16-20(6)30(7,40-31)24(29(38)39-14-9-2)23(31)27(36)34(26)21(17-35)15-18(3)4/h8-12,18,20-21,23-24,26,35H,1-2,13-17H2,3-7H3/t20?,21-,23+,24+,26?,30-,31?/m1/s1. The molecule has 3 unspecified atom stereocenters. The molecule has 1 N–H and O–H groups in total. The summed E-state index contributed by atoms with van der Waals surface area (Å²) in [5, 5.41) is 10.9. The summed E-state index contributed by atoms with van der Waals surface area (Å²) >= 11 is 6.63. The highest BCUT2D eigenvalue weighted by Gasteiger charge is 2.80. The third-order valence-electron chi connectivity index (χ3n) is 8.97. The van der Waals surface area contributed by atoms with Crippen molar-refractivity contribution >= 4 is 35.1 Å². The Hall–Kier alpha value is -2.68. The molecule has 4 rings (SSSR count). The van der Waals surface area contributed by atoms with Gasteiger partial charge in [-0.05, 0) is 50.2 Å². The van der Waals surface area contributed by atoms with Crippen molar-refractivity contribution in [3.8, 4) is 0 Å². The highest BCUT2D eigenvalue weighted by molar-refractivity contribution is 6.34. The van der Waals surface area contributed by atoms with E-state index in [0.29, 0.717) is 23.6 Å². The number of rotatable bonds is 11. The van der Waals surface area contributed by atoms with E-state index in [1.807, 2.05) is 46.8 Å². The number of carbonyl (C=O) groups is 3. The van der Waals surface area contributed by atoms with Crippen LogP contribution in [0.5, 0.6) is 0 Å². The number of aliphatic hydroxyl groups is 1. The molecule has 0 aliphatic carbocycles. The van der Waals surface area contributed by atoms with Gasteiger partial charge in [-0.1, -0.05) is 63.2 Å². The Labute approximate surface area is 241 Å². The van der Waals surface area contributed by atoms with Gasteiger partial charge in [0.2, 0.25) is 5.91 Å². The first-order chi connectivity index (χ1) is 18.9. The minimum Gasteiger partial charge on any atom is -0.461 e. The second-order valence-electron chi connectivity index (χ2n) is 12.0. The van der Waals surface area contributed by atoms with E-state index in [4.69, 9.17) is 21.1 Å². The first kappa shape index (κ1) is 30.3. The first-order valence-electron chi connectivity index (χ1n) is 14.0. The van der Waals surface area contributed by atoms with Crippen LogP contribution >= 0.6 is 11.6 Å². The Balaban J connectivity index is 1.91. The van der Waals surface area contributed by atoms with E-state index in [9.17, 15) is 19.5 Å². The number of halogens is 1. The van der Waals surface area contributed by atoms with Crippen molar-refractivity contribution in [1.29, 1.82) is 0 Å². The second kappa shape index (κ2) is 11.3. The number of aryl methyl sites for hydroxylation is 1. The molecule has 40 heavy (non-hydrogen) atoms. The van der Waals surface area contributed by atoms with Crippen molar-refractivity contribution < 1.29 is 29.0 Å². The molecular weight excluding hydrogens is 532 g/mol. The number of esters is 1. The van der Waals surface area contributed by atoms with E-state index in [2.05, 4.69) is 13.2 Å². The Morgan fingerprint density at radius 2 is 2.02 bits per heavy atom. The number of carbonyl (C=O) groups excluding carboxylic acids is 3. The van der Waals surface area contributed by atoms with Crippen LogP contribution in [0.2, 0.25) is 5.02 Å². The van der Waals surface area contributed by atoms with Gasteiger partial charge >= 0.3 is 5.97 Å². The minimum atomic E-state index is -1.28. The molecule has 9 heteroatoms. The molecule has 7 atom stereocenters. The number of hydrogen-bond acceptors (Lipinski definition) is 6. The topological polar surface area (TPSA) is 96.4 Å². The number of fused-ring (bicyclic) bond motifs is 1. The van der Waals surface area contributed by atoms with Gasteiger partial charge in [0.25, 0.3) is 5.91 Å². The minimum absolute atomic E-state index is 0.00525. The maximum atomic E-state index is 14.8. The zero-order valence-electron chi connectivity index (χ0n) is 24.1. The number of amides is 2. The van der Waals surface area contributed by atoms with Gasteiger partial charge < -0.3 is 24.4 Å². The van der Waals surface area contributed by atoms with Gasteiger partial charge in [0.15, 0.2) is 0 Å². The molecule has 3 aliphatic rings. The molecule has 1 spiro atoms. The lowest BCUT2D eigenvalue weighted by atomic mass is 9.62. The van der Waals surface area contributed by atoms with Gasteiger partial charge in [0, 0.05) is 6.54 Å². The first-order valence-corrected chi connectivity index (χ1v) is 14.3. The SMILES string of the molecule is C=CCOC(=O)[C@@H]1[C@H]2C(=O)N([C@@H](CO)CC(C)C)C(C(=O)N(CC=C)c3c(C)cccc3Cl)C23CC(C)[C@@]1(C)O3. The van der Waals surface area contributed by atoms with Crippen LogP contribution in [0, 0.1) is 30.6 Å². The van der Waals surface area contributed by atoms with Crippen LogP contribution < -0.4 is 4.90 Å². The quantitative estimate of drug-likeness (QED) is 0.313. The largest absolute Gasteiger partial charge is 0.461 e. The zero-order valence-corrected chi connectivity index (χ0v) is 24.8. The van der Waals surface area contributed by atoms with E-state index in [-0.39, 0.29) is 43.4 Å². The second-order valence-corrected chi connectivity index (χ2v) is 12.4. The normalized spacial score (nSPS) is 31.3. The van der Waals surface area contributed by atoms with Gasteiger partial charge in [-0.2, -0.15) is 0 Å². The summed E-state index contributed by atoms with van der Waals surface area (Å²) in [6.07, 6.45) is 3.97. The number of likely N-dealkylation sites (tertiary alicyclic amines) is 1. The fourth-order valence-electron chi connectivity index (χ4n) is 7.29. The van der Waals surface area contributed by atoms with Crippen molar-refractivity contribution in [3.63, 3.8) is 0 Å². The maximum absolute atomic E-state index is 14.8. The molecule has 3 aliphatic heterocycles. The van der Waals surface area contributed by atoms with Gasteiger partial charge in [-0.3, -0.25) is 14.4 Å². The zero-order chi connectivity index (χ0) is 29.6. The number of ether oxygens (including phenoxy) is 2. The molecule has 3 saturated heterocycles. The molecule has 0 aromatic heterocycles. The molecule has 0 radical (unpaired) electrons. The van der Waals surface area contributed by atoms with Crippen LogP contribution in [-0.2, 0) is 23.9 Å². The molecule has 1 aromatic rings. The van der Waals surface area contributed by atoms with Crippen molar-refractivity contribution in [3.05, 3.63) is 54.1 Å². The van der Waals surface area contributed by atoms with Gasteiger partial charge in [0.05, 0.1) is 34.9 Å². The predicted octanol–water partition coefficient (Wildman–Crippen LogP) is 4.31. The summed E-state index contributed by atoms with van der Waals surface area (Å²) in [5.41, 5.74) is -0.963. The Bertz CT molecular complexity index is 1180. The third kappa shape index (κ3) is 4.58. The van der Waals surface area contributed by atoms with Crippen LogP contribution in [0.15, 0.2) is 43.5 Å². The predicted molar refractivity (Wildman–Crippen MR) is 154 cm³/mol. The van der Waals surface area contributed by atoms with Crippen LogP contribution in [0.3, 0.4) is 0 Å². The molecular formula is C31H41ClN2O6. The lowest BCUT2D eigenvalue weighted by Crippen LogP contribution is -2.59. The number of para-hydroxylation sites is 1. The average Bonchev–Trinajstić information content (AvgIpc) is 3.41. The Morgan fingerprint density at radius 3 is 2.60 bits per heavy atom. The molecule has 2 amide bonds. The molecule has 3 heterocycles. The van der Waals surface area contributed by atoms with Gasteiger partial charge in [0.1, 0.15) is 24.2 Å². The molecule has 0 saturated carbocycles. The van der Waals surface area contributed by atoms with E-state index in [0.717, 1.165) is 5.56 Å². The van der Waals surface area contributed by atoms with E-state index in [1.54, 1.807) is 17.0 Å². The molecule has 3 fully saturated rings. The van der Waals surface area contributed by atoms with Crippen LogP contribution in [-0.4, -0.2) is 70.8 Å². The number of hydrogen-bond donors (Lipinski definition) is 1. The summed E-state index contributed by atoms with van der Waals surface area (Å²) in [5.74, 6) is -3.14. The van der Waals surface area contributed by atoms with Gasteiger partial charge in [-0.15, -0.1) is 6.58 Å². The van der Waals surface area contributed by atoms with Crippen LogP contribution in [0.1, 0.15) is 46.1 Å². The number of nitrogens with zero attached hydrogens (tertiary/aromatic N) is 2. The smallest absolute Gasteiger partial charge is 0.313 e. The Morgan fingerprint density at radius 1 is 1.32 bits per heavy atom. The summed E-state index contributed by atoms with van der Waals surface area (Å²) in [7, 11) is 0. The molecule has 218 valence electrons. The number of benzene rings is 1.